The van der Waals surface area contributed by atoms with Gasteiger partial charge in [-0.1, -0.05) is 12.8 Å². The average Bonchev–Trinajstić information content (AvgIpc) is 3.24. The molecule has 1 aliphatic heterocycles. The Bertz CT molecular complexity index is 781. The van der Waals surface area contributed by atoms with Crippen LogP contribution in [0.25, 0.3) is 0 Å². The lowest BCUT2D eigenvalue weighted by molar-refractivity contribution is -0.125. The third kappa shape index (κ3) is 4.99. The fourth-order valence-electron chi connectivity index (χ4n) is 4.41. The maximum Gasteiger partial charge on any atom is 0.318 e. The lowest BCUT2D eigenvalue weighted by atomic mass is 9.91. The summed E-state index contributed by atoms with van der Waals surface area (Å²) in [5.74, 6) is 1.49. The van der Waals surface area contributed by atoms with Gasteiger partial charge in [0.25, 0.3) is 0 Å². The van der Waals surface area contributed by atoms with E-state index >= 15 is 0 Å². The topological polar surface area (TPSA) is 79.9 Å². The average molecular weight is 418 g/mol. The maximum absolute atomic E-state index is 13.1. The molecule has 1 aromatic rings. The summed E-state index contributed by atoms with van der Waals surface area (Å²) in [6.07, 6.45) is 4.85. The van der Waals surface area contributed by atoms with Crippen LogP contribution in [-0.2, 0) is 11.2 Å². The highest BCUT2D eigenvalue weighted by Gasteiger charge is 2.34. The first-order valence-electron chi connectivity index (χ1n) is 10.8. The van der Waals surface area contributed by atoms with Crippen molar-refractivity contribution in [2.75, 3.05) is 27.3 Å². The van der Waals surface area contributed by atoms with Crippen LogP contribution in [0.1, 0.15) is 63.6 Å². The molecule has 3 rings (SSSR count). The molecule has 0 radical (unpaired) electrons. The van der Waals surface area contributed by atoms with Gasteiger partial charge in [0.05, 0.1) is 20.3 Å². The van der Waals surface area contributed by atoms with E-state index in [4.69, 9.17) is 9.47 Å². The molecule has 1 heterocycles. The van der Waals surface area contributed by atoms with Gasteiger partial charge in [-0.15, -0.1) is 0 Å². The van der Waals surface area contributed by atoms with E-state index in [1.54, 1.807) is 14.2 Å². The minimum absolute atomic E-state index is 0.0929. The summed E-state index contributed by atoms with van der Waals surface area (Å²) in [4.78, 5) is 27.5. The minimum atomic E-state index is -0.341. The second-order valence-corrected chi connectivity index (χ2v) is 9.27. The summed E-state index contributed by atoms with van der Waals surface area (Å²) in [6, 6.07) is 3.54. The smallest absolute Gasteiger partial charge is 0.318 e. The molecule has 0 unspecified atom stereocenters. The number of rotatable bonds is 5. The lowest BCUT2D eigenvalue weighted by Gasteiger charge is -2.39. The molecule has 0 bridgehead atoms. The number of ether oxygens (including phenoxy) is 2. The number of carbonyl (C=O) groups excluding carboxylic acids is 2. The van der Waals surface area contributed by atoms with Gasteiger partial charge in [-0.25, -0.2) is 4.79 Å². The van der Waals surface area contributed by atoms with Crippen molar-refractivity contribution < 1.29 is 19.1 Å². The Morgan fingerprint density at radius 3 is 2.33 bits per heavy atom. The quantitative estimate of drug-likeness (QED) is 0.769. The van der Waals surface area contributed by atoms with E-state index in [1.165, 1.54) is 0 Å². The SMILES string of the molecule is COc1cc2c(cc1OC)[C@H](CNC(=O)C1CCCC1)N(C(=O)NC(C)(C)C)CC2. The van der Waals surface area contributed by atoms with Gasteiger partial charge in [-0.05, 0) is 63.3 Å². The minimum Gasteiger partial charge on any atom is -0.493 e. The molecule has 2 N–H and O–H groups in total. The monoisotopic (exact) mass is 417 g/mol. The van der Waals surface area contributed by atoms with Crippen molar-refractivity contribution in [1.29, 1.82) is 0 Å². The molecule has 1 aromatic carbocycles. The van der Waals surface area contributed by atoms with E-state index in [0.29, 0.717) is 24.6 Å². The molecule has 0 saturated heterocycles. The van der Waals surface area contributed by atoms with Gasteiger partial charge < -0.3 is 25.0 Å². The normalized spacial score (nSPS) is 19.2. The fourth-order valence-corrected chi connectivity index (χ4v) is 4.41. The summed E-state index contributed by atoms with van der Waals surface area (Å²) in [5.41, 5.74) is 1.77. The Kier molecular flexibility index (Phi) is 6.78. The zero-order valence-corrected chi connectivity index (χ0v) is 18.8. The summed E-state index contributed by atoms with van der Waals surface area (Å²) < 4.78 is 11.0. The van der Waals surface area contributed by atoms with Crippen LogP contribution < -0.4 is 20.1 Å². The van der Waals surface area contributed by atoms with Gasteiger partial charge >= 0.3 is 6.03 Å². The Hall–Kier alpha value is -2.44. The number of benzene rings is 1. The predicted octanol–water partition coefficient (Wildman–Crippen LogP) is 3.42. The van der Waals surface area contributed by atoms with Gasteiger partial charge in [0.2, 0.25) is 5.91 Å². The summed E-state index contributed by atoms with van der Waals surface area (Å²) in [5, 5.41) is 6.18. The van der Waals surface area contributed by atoms with Crippen molar-refractivity contribution >= 4 is 11.9 Å². The first kappa shape index (κ1) is 22.2. The summed E-state index contributed by atoms with van der Waals surface area (Å²) in [6.45, 7) is 6.86. The molecule has 2 aliphatic rings. The third-order valence-corrected chi connectivity index (χ3v) is 5.94. The molecule has 7 nitrogen and oxygen atoms in total. The van der Waals surface area contributed by atoms with Gasteiger partial charge in [-0.3, -0.25) is 4.79 Å². The molecule has 7 heteroatoms. The van der Waals surface area contributed by atoms with E-state index in [9.17, 15) is 9.59 Å². The molecular formula is C23H35N3O4. The first-order chi connectivity index (χ1) is 14.2. The van der Waals surface area contributed by atoms with Crippen LogP contribution >= 0.6 is 0 Å². The van der Waals surface area contributed by atoms with E-state index in [-0.39, 0.29) is 29.4 Å². The molecule has 1 saturated carbocycles. The van der Waals surface area contributed by atoms with Crippen LogP contribution in [0.3, 0.4) is 0 Å². The fraction of sp³-hybridized carbons (Fsp3) is 0.652. The zero-order chi connectivity index (χ0) is 21.9. The Morgan fingerprint density at radius 2 is 1.73 bits per heavy atom. The van der Waals surface area contributed by atoms with Crippen molar-refractivity contribution in [3.63, 3.8) is 0 Å². The first-order valence-corrected chi connectivity index (χ1v) is 10.8. The van der Waals surface area contributed by atoms with Crippen molar-refractivity contribution in [2.45, 2.75) is 64.5 Å². The second-order valence-electron chi connectivity index (χ2n) is 9.27. The number of nitrogens with one attached hydrogen (secondary N) is 2. The van der Waals surface area contributed by atoms with Crippen LogP contribution in [0.5, 0.6) is 11.5 Å². The van der Waals surface area contributed by atoms with E-state index in [0.717, 1.165) is 43.2 Å². The highest BCUT2D eigenvalue weighted by atomic mass is 16.5. The van der Waals surface area contributed by atoms with E-state index < -0.39 is 0 Å². The van der Waals surface area contributed by atoms with Crippen LogP contribution in [-0.4, -0.2) is 49.7 Å². The number of carbonyl (C=O) groups is 2. The largest absolute Gasteiger partial charge is 0.493 e. The van der Waals surface area contributed by atoms with Crippen LogP contribution in [0.4, 0.5) is 4.79 Å². The number of methoxy groups -OCH3 is 2. The second kappa shape index (κ2) is 9.14. The van der Waals surface area contributed by atoms with Crippen molar-refractivity contribution in [3.8, 4) is 11.5 Å². The Labute approximate surface area is 179 Å². The highest BCUT2D eigenvalue weighted by molar-refractivity contribution is 5.79. The zero-order valence-electron chi connectivity index (χ0n) is 18.8. The molecule has 30 heavy (non-hydrogen) atoms. The van der Waals surface area contributed by atoms with Gasteiger partial charge in [0, 0.05) is 24.5 Å². The van der Waals surface area contributed by atoms with E-state index in [1.807, 2.05) is 37.8 Å². The third-order valence-electron chi connectivity index (χ3n) is 5.94. The number of hydrogen-bond donors (Lipinski definition) is 2. The molecule has 1 aliphatic carbocycles. The Morgan fingerprint density at radius 1 is 1.10 bits per heavy atom. The van der Waals surface area contributed by atoms with Crippen LogP contribution in [0.15, 0.2) is 12.1 Å². The number of nitrogens with zero attached hydrogens (tertiary/aromatic N) is 1. The van der Waals surface area contributed by atoms with E-state index in [2.05, 4.69) is 10.6 Å². The van der Waals surface area contributed by atoms with Gasteiger partial charge in [-0.2, -0.15) is 0 Å². The van der Waals surface area contributed by atoms with Gasteiger partial charge in [0.1, 0.15) is 0 Å². The lowest BCUT2D eigenvalue weighted by Crippen LogP contribution is -2.53. The predicted molar refractivity (Wildman–Crippen MR) is 116 cm³/mol. The summed E-state index contributed by atoms with van der Waals surface area (Å²) >= 11 is 0. The molecule has 166 valence electrons. The maximum atomic E-state index is 13.1. The van der Waals surface area contributed by atoms with Gasteiger partial charge in [0.15, 0.2) is 11.5 Å². The number of hydrogen-bond acceptors (Lipinski definition) is 4. The number of amides is 3. The van der Waals surface area contributed by atoms with Crippen LogP contribution in [0.2, 0.25) is 0 Å². The molecule has 3 amide bonds. The molecule has 1 atom stereocenters. The van der Waals surface area contributed by atoms with Crippen molar-refractivity contribution in [2.24, 2.45) is 5.92 Å². The number of urea groups is 1. The molecule has 0 aromatic heterocycles. The van der Waals surface area contributed by atoms with Crippen molar-refractivity contribution in [1.82, 2.24) is 15.5 Å². The molecule has 0 spiro atoms. The number of fused-ring (bicyclic) bond motifs is 1. The molecule has 1 fully saturated rings. The standard InChI is InChI=1S/C23H35N3O4/c1-23(2,3)25-22(28)26-11-10-16-12-19(29-4)20(30-5)13-17(16)18(26)14-24-21(27)15-8-6-7-9-15/h12-13,15,18H,6-11,14H2,1-5H3,(H,24,27)(H,25,28)/t18-/m0/s1. The molecular weight excluding hydrogens is 382 g/mol. The Balaban J connectivity index is 1.88. The van der Waals surface area contributed by atoms with Crippen LogP contribution in [0, 0.1) is 5.92 Å². The van der Waals surface area contributed by atoms with Crippen molar-refractivity contribution in [3.05, 3.63) is 23.3 Å². The highest BCUT2D eigenvalue weighted by Crippen LogP contribution is 2.38. The summed E-state index contributed by atoms with van der Waals surface area (Å²) in [7, 11) is 3.23.